The van der Waals surface area contributed by atoms with Gasteiger partial charge < -0.3 is 13.9 Å². The fourth-order valence-electron chi connectivity index (χ4n) is 1.98. The molecule has 0 fully saturated rings. The van der Waals surface area contributed by atoms with E-state index in [9.17, 15) is 4.79 Å². The number of benzene rings is 1. The van der Waals surface area contributed by atoms with Crippen molar-refractivity contribution in [1.29, 1.82) is 0 Å². The largest absolute Gasteiger partial charge is 0.484 e. The van der Waals surface area contributed by atoms with Gasteiger partial charge in [-0.1, -0.05) is 37.2 Å². The number of aryl methyl sites for hydroxylation is 2. The molecule has 136 valence electrons. The molecule has 7 heteroatoms. The first-order valence-corrected chi connectivity index (χ1v) is 9.23. The van der Waals surface area contributed by atoms with Crippen LogP contribution in [0.25, 0.3) is 0 Å². The monoisotopic (exact) mass is 364 g/mol. The molecular weight excluding hydrogens is 340 g/mol. The zero-order valence-corrected chi connectivity index (χ0v) is 15.9. The number of carbonyl (C=O) groups is 1. The van der Waals surface area contributed by atoms with Gasteiger partial charge in [-0.2, -0.15) is 0 Å². The minimum Gasteiger partial charge on any atom is -0.484 e. The number of hydrogen-bond acceptors (Lipinski definition) is 7. The summed E-state index contributed by atoms with van der Waals surface area (Å²) in [6, 6.07) is 6.01. The number of hydrogen-bond donors (Lipinski definition) is 0. The molecule has 0 aliphatic heterocycles. The molecule has 0 saturated heterocycles. The summed E-state index contributed by atoms with van der Waals surface area (Å²) in [5.41, 5.74) is 2.17. The molecular formula is C18H24N2O4S. The van der Waals surface area contributed by atoms with Gasteiger partial charge in [-0.15, -0.1) is 10.2 Å². The molecule has 0 N–H and O–H groups in total. The van der Waals surface area contributed by atoms with Crippen LogP contribution in [0.3, 0.4) is 0 Å². The van der Waals surface area contributed by atoms with Crippen LogP contribution in [0.15, 0.2) is 27.8 Å². The number of carbonyl (C=O) groups excluding carboxylic acids is 1. The van der Waals surface area contributed by atoms with Gasteiger partial charge >= 0.3 is 5.97 Å². The van der Waals surface area contributed by atoms with E-state index in [1.54, 1.807) is 6.92 Å². The van der Waals surface area contributed by atoms with Gasteiger partial charge in [0, 0.05) is 0 Å². The number of thioether (sulfide) groups is 1. The maximum atomic E-state index is 11.9. The van der Waals surface area contributed by atoms with E-state index in [-0.39, 0.29) is 12.6 Å². The van der Waals surface area contributed by atoms with Crippen molar-refractivity contribution in [2.75, 3.05) is 6.61 Å². The highest BCUT2D eigenvalue weighted by atomic mass is 32.2. The number of rotatable bonds is 9. The molecule has 1 unspecified atom stereocenters. The van der Waals surface area contributed by atoms with Crippen molar-refractivity contribution in [1.82, 2.24) is 10.2 Å². The average molecular weight is 364 g/mol. The molecule has 1 atom stereocenters. The smallest absolute Gasteiger partial charge is 0.319 e. The lowest BCUT2D eigenvalue weighted by Gasteiger charge is -2.08. The van der Waals surface area contributed by atoms with Crippen LogP contribution in [0.4, 0.5) is 0 Å². The highest BCUT2D eigenvalue weighted by molar-refractivity contribution is 8.00. The van der Waals surface area contributed by atoms with E-state index in [1.165, 1.54) is 11.8 Å². The highest BCUT2D eigenvalue weighted by Gasteiger charge is 2.19. The second-order valence-electron chi connectivity index (χ2n) is 5.80. The van der Waals surface area contributed by atoms with Gasteiger partial charge in [0.05, 0.1) is 6.61 Å². The first kappa shape index (κ1) is 19.3. The number of unbranched alkanes of at least 4 members (excludes halogenated alkanes) is 1. The number of esters is 1. The van der Waals surface area contributed by atoms with Crippen molar-refractivity contribution in [2.45, 2.75) is 57.6 Å². The molecule has 0 amide bonds. The average Bonchev–Trinajstić information content (AvgIpc) is 3.03. The van der Waals surface area contributed by atoms with Gasteiger partial charge in [-0.3, -0.25) is 4.79 Å². The zero-order chi connectivity index (χ0) is 18.2. The third-order valence-electron chi connectivity index (χ3n) is 3.49. The predicted octanol–water partition coefficient (Wildman–Crippen LogP) is 4.09. The second-order valence-corrected chi connectivity index (χ2v) is 7.09. The first-order chi connectivity index (χ1) is 12.0. The van der Waals surface area contributed by atoms with E-state index in [1.807, 2.05) is 39.0 Å². The molecule has 1 aromatic carbocycles. The molecule has 1 heterocycles. The third kappa shape index (κ3) is 6.08. The van der Waals surface area contributed by atoms with Crippen molar-refractivity contribution in [3.8, 4) is 5.75 Å². The lowest BCUT2D eigenvalue weighted by atomic mass is 10.1. The quantitative estimate of drug-likeness (QED) is 0.377. The molecule has 2 aromatic rings. The Hall–Kier alpha value is -2.02. The van der Waals surface area contributed by atoms with E-state index < -0.39 is 5.25 Å². The summed E-state index contributed by atoms with van der Waals surface area (Å²) < 4.78 is 16.4. The Bertz CT molecular complexity index is 702. The standard InChI is InChI=1S/C18H24N2O4S/c1-5-6-9-22-17(21)14(4)25-18-20-19-16(24-18)11-23-15-10-12(2)7-8-13(15)3/h7-8,10,14H,5-6,9,11H2,1-4H3. The summed E-state index contributed by atoms with van der Waals surface area (Å²) in [6.45, 7) is 8.43. The van der Waals surface area contributed by atoms with E-state index in [0.29, 0.717) is 17.7 Å². The van der Waals surface area contributed by atoms with Gasteiger partial charge in [0.2, 0.25) is 0 Å². The molecule has 0 radical (unpaired) electrons. The van der Waals surface area contributed by atoms with Crippen molar-refractivity contribution >= 4 is 17.7 Å². The van der Waals surface area contributed by atoms with Crippen LogP contribution in [0.5, 0.6) is 5.75 Å². The van der Waals surface area contributed by atoms with Crippen LogP contribution in [0.1, 0.15) is 43.7 Å². The summed E-state index contributed by atoms with van der Waals surface area (Å²) in [7, 11) is 0. The van der Waals surface area contributed by atoms with Crippen LogP contribution >= 0.6 is 11.8 Å². The Morgan fingerprint density at radius 1 is 1.32 bits per heavy atom. The summed E-state index contributed by atoms with van der Waals surface area (Å²) in [5.74, 6) is 0.889. The van der Waals surface area contributed by atoms with Crippen LogP contribution in [-0.4, -0.2) is 28.0 Å². The molecule has 6 nitrogen and oxygen atoms in total. The lowest BCUT2D eigenvalue weighted by Crippen LogP contribution is -2.17. The fourth-order valence-corrected chi connectivity index (χ4v) is 2.68. The molecule has 1 aromatic heterocycles. The molecule has 0 aliphatic rings. The summed E-state index contributed by atoms with van der Waals surface area (Å²) in [6.07, 6.45) is 1.85. The van der Waals surface area contributed by atoms with E-state index in [0.717, 1.165) is 29.7 Å². The van der Waals surface area contributed by atoms with Crippen molar-refractivity contribution in [3.05, 3.63) is 35.2 Å². The minimum absolute atomic E-state index is 0.188. The number of ether oxygens (including phenoxy) is 2. The number of aromatic nitrogens is 2. The van der Waals surface area contributed by atoms with Gasteiger partial charge in [-0.05, 0) is 44.4 Å². The van der Waals surface area contributed by atoms with Crippen molar-refractivity contribution < 1.29 is 18.7 Å². The van der Waals surface area contributed by atoms with Crippen molar-refractivity contribution in [2.24, 2.45) is 0 Å². The van der Waals surface area contributed by atoms with Crippen LogP contribution in [0.2, 0.25) is 0 Å². The van der Waals surface area contributed by atoms with Crippen LogP contribution in [-0.2, 0) is 16.1 Å². The summed E-state index contributed by atoms with van der Waals surface area (Å²) >= 11 is 1.19. The third-order valence-corrected chi connectivity index (χ3v) is 4.41. The fraction of sp³-hybridized carbons (Fsp3) is 0.500. The summed E-state index contributed by atoms with van der Waals surface area (Å²) in [5, 5.41) is 7.84. The molecule has 0 saturated carbocycles. The Morgan fingerprint density at radius 2 is 2.12 bits per heavy atom. The Kier molecular flexibility index (Phi) is 7.31. The van der Waals surface area contributed by atoms with Gasteiger partial charge in [0.15, 0.2) is 6.61 Å². The molecule has 25 heavy (non-hydrogen) atoms. The topological polar surface area (TPSA) is 74.5 Å². The van der Waals surface area contributed by atoms with Crippen molar-refractivity contribution in [3.63, 3.8) is 0 Å². The maximum absolute atomic E-state index is 11.9. The molecule has 0 spiro atoms. The Labute approximate surface area is 152 Å². The normalized spacial score (nSPS) is 12.0. The molecule has 2 rings (SSSR count). The first-order valence-electron chi connectivity index (χ1n) is 8.35. The SMILES string of the molecule is CCCCOC(=O)C(C)Sc1nnc(COc2cc(C)ccc2C)o1. The second kappa shape index (κ2) is 9.46. The van der Waals surface area contributed by atoms with Crippen LogP contribution in [0, 0.1) is 13.8 Å². The predicted molar refractivity (Wildman–Crippen MR) is 95.7 cm³/mol. The Morgan fingerprint density at radius 3 is 2.88 bits per heavy atom. The van der Waals surface area contributed by atoms with E-state index in [4.69, 9.17) is 13.9 Å². The van der Waals surface area contributed by atoms with Gasteiger partial charge in [0.1, 0.15) is 11.0 Å². The molecule has 0 aliphatic carbocycles. The maximum Gasteiger partial charge on any atom is 0.319 e. The minimum atomic E-state index is -0.398. The van der Waals surface area contributed by atoms with Gasteiger partial charge in [-0.25, -0.2) is 0 Å². The molecule has 0 bridgehead atoms. The summed E-state index contributed by atoms with van der Waals surface area (Å²) in [4.78, 5) is 11.9. The van der Waals surface area contributed by atoms with E-state index in [2.05, 4.69) is 10.2 Å². The number of nitrogens with zero attached hydrogens (tertiary/aromatic N) is 2. The zero-order valence-electron chi connectivity index (χ0n) is 15.1. The van der Waals surface area contributed by atoms with Gasteiger partial charge in [0.25, 0.3) is 11.1 Å². The highest BCUT2D eigenvalue weighted by Crippen LogP contribution is 2.24. The van der Waals surface area contributed by atoms with E-state index >= 15 is 0 Å². The lowest BCUT2D eigenvalue weighted by molar-refractivity contribution is -0.142. The van der Waals surface area contributed by atoms with Crippen LogP contribution < -0.4 is 4.74 Å². The Balaban J connectivity index is 1.85.